The van der Waals surface area contributed by atoms with Crippen LogP contribution < -0.4 is 10.5 Å². The molecule has 22 heavy (non-hydrogen) atoms. The average molecular weight is 331 g/mol. The number of hydrogen-bond donors (Lipinski definition) is 2. The summed E-state index contributed by atoms with van der Waals surface area (Å²) in [5, 5.41) is 0. The highest BCUT2D eigenvalue weighted by atomic mass is 32.2. The van der Waals surface area contributed by atoms with Crippen LogP contribution in [0.2, 0.25) is 0 Å². The van der Waals surface area contributed by atoms with Gasteiger partial charge in [-0.2, -0.15) is 12.7 Å². The summed E-state index contributed by atoms with van der Waals surface area (Å²) in [4.78, 5) is 12.2. The van der Waals surface area contributed by atoms with Gasteiger partial charge in [-0.3, -0.25) is 4.79 Å². The van der Waals surface area contributed by atoms with Gasteiger partial charge in [0.15, 0.2) is 0 Å². The highest BCUT2D eigenvalue weighted by molar-refractivity contribution is 7.87. The van der Waals surface area contributed by atoms with Crippen molar-refractivity contribution in [1.82, 2.24) is 9.03 Å². The first kappa shape index (κ1) is 17.7. The predicted molar refractivity (Wildman–Crippen MR) is 86.3 cm³/mol. The second kappa shape index (κ2) is 7.27. The van der Waals surface area contributed by atoms with Crippen molar-refractivity contribution < 1.29 is 13.2 Å². The molecular weight excluding hydrogens is 302 g/mol. The molecule has 0 aromatic carbocycles. The number of amides is 1. The summed E-state index contributed by atoms with van der Waals surface area (Å²) in [5.74, 6) is -0.419. The number of nitrogens with two attached hydrogens (primary N) is 1. The van der Waals surface area contributed by atoms with Crippen LogP contribution in [0, 0.1) is 5.92 Å². The van der Waals surface area contributed by atoms with Gasteiger partial charge >= 0.3 is 10.2 Å². The normalized spacial score (nSPS) is 35.4. The van der Waals surface area contributed by atoms with Gasteiger partial charge in [-0.05, 0) is 25.2 Å². The van der Waals surface area contributed by atoms with Crippen LogP contribution in [0.25, 0.3) is 0 Å². The lowest BCUT2D eigenvalue weighted by molar-refractivity contribution is -0.121. The van der Waals surface area contributed by atoms with E-state index in [1.165, 1.54) is 37.0 Å². The SMILES string of the molecule is CN1CCCCCCCCCC[C@@H]2C[C@]2(N)C(=O)NS1(=O)=O. The summed E-state index contributed by atoms with van der Waals surface area (Å²) in [6, 6.07) is 0. The zero-order valence-corrected chi connectivity index (χ0v) is 14.3. The molecule has 0 aromatic heterocycles. The molecule has 2 rings (SSSR count). The fourth-order valence-electron chi connectivity index (χ4n) is 3.18. The molecular formula is C15H29N3O3S. The fraction of sp³-hybridized carbons (Fsp3) is 0.933. The van der Waals surface area contributed by atoms with Crippen molar-refractivity contribution in [2.75, 3.05) is 13.6 Å². The van der Waals surface area contributed by atoms with E-state index in [9.17, 15) is 13.2 Å². The molecule has 3 N–H and O–H groups in total. The minimum absolute atomic E-state index is 0.126. The molecule has 6 nitrogen and oxygen atoms in total. The maximum atomic E-state index is 12.2. The van der Waals surface area contributed by atoms with Gasteiger partial charge in [0, 0.05) is 13.6 Å². The summed E-state index contributed by atoms with van der Waals surface area (Å²) in [6.45, 7) is 0.434. The molecule has 7 heteroatoms. The average Bonchev–Trinajstić information content (AvgIpc) is 3.11. The maximum Gasteiger partial charge on any atom is 0.303 e. The molecule has 1 saturated carbocycles. The number of nitrogens with zero attached hydrogens (tertiary/aromatic N) is 1. The van der Waals surface area contributed by atoms with Crippen LogP contribution in [0.1, 0.15) is 64.2 Å². The lowest BCUT2D eigenvalue weighted by Crippen LogP contribution is -2.50. The van der Waals surface area contributed by atoms with E-state index < -0.39 is 21.7 Å². The summed E-state index contributed by atoms with van der Waals surface area (Å²) in [6.07, 6.45) is 10.5. The third-order valence-corrected chi connectivity index (χ3v) is 6.43. The highest BCUT2D eigenvalue weighted by Crippen LogP contribution is 2.45. The van der Waals surface area contributed by atoms with Crippen molar-refractivity contribution in [3.63, 3.8) is 0 Å². The quantitative estimate of drug-likeness (QED) is 0.704. The van der Waals surface area contributed by atoms with Gasteiger partial charge in [0.2, 0.25) is 0 Å². The minimum Gasteiger partial charge on any atom is -0.317 e. The molecule has 0 radical (unpaired) electrons. The van der Waals surface area contributed by atoms with Crippen LogP contribution in [0.3, 0.4) is 0 Å². The smallest absolute Gasteiger partial charge is 0.303 e. The molecule has 0 spiro atoms. The van der Waals surface area contributed by atoms with Gasteiger partial charge in [0.05, 0.1) is 5.54 Å². The Kier molecular flexibility index (Phi) is 5.85. The van der Waals surface area contributed by atoms with E-state index in [0.717, 1.165) is 32.1 Å². The number of carbonyl (C=O) groups is 1. The van der Waals surface area contributed by atoms with E-state index >= 15 is 0 Å². The van der Waals surface area contributed by atoms with Crippen LogP contribution in [-0.2, 0) is 15.0 Å². The lowest BCUT2D eigenvalue weighted by atomic mass is 10.0. The Bertz CT molecular complexity index is 494. The van der Waals surface area contributed by atoms with Crippen molar-refractivity contribution in [2.45, 2.75) is 69.7 Å². The first-order chi connectivity index (χ1) is 10.4. The molecule has 1 heterocycles. The monoisotopic (exact) mass is 331 g/mol. The fourth-order valence-corrected chi connectivity index (χ4v) is 4.13. The number of hydrogen-bond acceptors (Lipinski definition) is 4. The molecule has 1 saturated heterocycles. The molecule has 0 aromatic rings. The summed E-state index contributed by atoms with van der Waals surface area (Å²) >= 11 is 0. The molecule has 1 amide bonds. The van der Waals surface area contributed by atoms with Crippen molar-refractivity contribution >= 4 is 16.1 Å². The largest absolute Gasteiger partial charge is 0.317 e. The van der Waals surface area contributed by atoms with Crippen LogP contribution in [0.15, 0.2) is 0 Å². The molecule has 1 aliphatic heterocycles. The molecule has 128 valence electrons. The standard InChI is InChI=1S/C15H29N3O3S/c1-18-11-9-7-5-3-2-4-6-8-10-13-12-15(13,16)14(19)17-22(18,20)21/h13H,2-12,16H2,1H3,(H,17,19)/t13-,15-/m1/s1. The van der Waals surface area contributed by atoms with Gasteiger partial charge in [-0.15, -0.1) is 0 Å². The second-order valence-corrected chi connectivity index (χ2v) is 8.59. The van der Waals surface area contributed by atoms with Gasteiger partial charge in [0.1, 0.15) is 0 Å². The topological polar surface area (TPSA) is 92.5 Å². The van der Waals surface area contributed by atoms with Gasteiger partial charge in [-0.1, -0.05) is 44.9 Å². The zero-order valence-electron chi connectivity index (χ0n) is 13.5. The van der Waals surface area contributed by atoms with E-state index in [2.05, 4.69) is 4.72 Å². The second-order valence-electron chi connectivity index (χ2n) is 6.82. The molecule has 1 aliphatic carbocycles. The Labute approximate surface area is 134 Å². The van der Waals surface area contributed by atoms with E-state index in [-0.39, 0.29) is 5.92 Å². The molecule has 0 bridgehead atoms. The van der Waals surface area contributed by atoms with Crippen molar-refractivity contribution in [1.29, 1.82) is 0 Å². The summed E-state index contributed by atoms with van der Waals surface area (Å²) in [7, 11) is -2.26. The van der Waals surface area contributed by atoms with E-state index in [0.29, 0.717) is 13.0 Å². The van der Waals surface area contributed by atoms with Crippen molar-refractivity contribution in [3.05, 3.63) is 0 Å². The minimum atomic E-state index is -3.77. The number of nitrogens with one attached hydrogen (secondary N) is 1. The third kappa shape index (κ3) is 4.43. The van der Waals surface area contributed by atoms with Gasteiger partial charge in [0.25, 0.3) is 5.91 Å². The molecule has 2 aliphatic rings. The van der Waals surface area contributed by atoms with Crippen molar-refractivity contribution in [2.24, 2.45) is 11.7 Å². The van der Waals surface area contributed by atoms with E-state index in [4.69, 9.17) is 5.73 Å². The predicted octanol–water partition coefficient (Wildman–Crippen LogP) is 1.52. The highest BCUT2D eigenvalue weighted by Gasteiger charge is 2.57. The van der Waals surface area contributed by atoms with Crippen LogP contribution >= 0.6 is 0 Å². The zero-order chi connectivity index (χ0) is 16.2. The van der Waals surface area contributed by atoms with Crippen molar-refractivity contribution in [3.8, 4) is 0 Å². The number of rotatable bonds is 0. The van der Waals surface area contributed by atoms with Gasteiger partial charge in [-0.25, -0.2) is 4.72 Å². The first-order valence-corrected chi connectivity index (χ1v) is 9.88. The molecule has 2 fully saturated rings. The Balaban J connectivity index is 1.98. The number of fused-ring (bicyclic) bond motifs is 1. The molecule has 2 atom stereocenters. The van der Waals surface area contributed by atoms with Gasteiger partial charge < -0.3 is 5.73 Å². The Morgan fingerprint density at radius 1 is 1.09 bits per heavy atom. The maximum absolute atomic E-state index is 12.2. The van der Waals surface area contributed by atoms with Crippen LogP contribution in [0.4, 0.5) is 0 Å². The first-order valence-electron chi connectivity index (χ1n) is 8.43. The van der Waals surface area contributed by atoms with E-state index in [1.54, 1.807) is 0 Å². The summed E-state index contributed by atoms with van der Waals surface area (Å²) < 4.78 is 27.7. The Morgan fingerprint density at radius 3 is 2.27 bits per heavy atom. The third-order valence-electron chi connectivity index (χ3n) is 4.98. The Morgan fingerprint density at radius 2 is 1.64 bits per heavy atom. The summed E-state index contributed by atoms with van der Waals surface area (Å²) in [5.41, 5.74) is 5.09. The van der Waals surface area contributed by atoms with E-state index in [1.807, 2.05) is 0 Å². The Hall–Kier alpha value is -0.660. The number of carbonyl (C=O) groups excluding carboxylic acids is 1. The lowest BCUT2D eigenvalue weighted by Gasteiger charge is -2.19. The molecule has 0 unspecified atom stereocenters. The van der Waals surface area contributed by atoms with Crippen LogP contribution in [-0.4, -0.2) is 37.8 Å². The van der Waals surface area contributed by atoms with Crippen LogP contribution in [0.5, 0.6) is 0 Å².